The van der Waals surface area contributed by atoms with Crippen LogP contribution in [0.3, 0.4) is 0 Å². The van der Waals surface area contributed by atoms with Gasteiger partial charge in [-0.05, 0) is 41.8 Å². The van der Waals surface area contributed by atoms with Gasteiger partial charge in [0, 0.05) is 34.9 Å². The summed E-state index contributed by atoms with van der Waals surface area (Å²) < 4.78 is 4.87. The van der Waals surface area contributed by atoms with E-state index in [1.165, 1.54) is 29.5 Å². The van der Waals surface area contributed by atoms with Gasteiger partial charge in [0.25, 0.3) is 0 Å². The minimum atomic E-state index is -0.322. The Morgan fingerprint density at radius 3 is 2.62 bits per heavy atom. The normalized spacial score (nSPS) is 15.9. The van der Waals surface area contributed by atoms with E-state index in [0.717, 1.165) is 23.9 Å². The SMILES string of the molecule is COC(=O)c1ccc2c(C3c4ccccc4CCN3c3ccccc3)c[nH]c2c1. The van der Waals surface area contributed by atoms with Gasteiger partial charge in [0.1, 0.15) is 0 Å². The molecule has 4 heteroatoms. The van der Waals surface area contributed by atoms with E-state index < -0.39 is 0 Å². The Balaban J connectivity index is 1.67. The molecule has 1 atom stereocenters. The average Bonchev–Trinajstić information content (AvgIpc) is 3.21. The largest absolute Gasteiger partial charge is 0.465 e. The Hall–Kier alpha value is -3.53. The molecule has 1 unspecified atom stereocenters. The first kappa shape index (κ1) is 17.6. The molecule has 1 aromatic heterocycles. The van der Waals surface area contributed by atoms with Crippen LogP contribution in [-0.4, -0.2) is 24.6 Å². The van der Waals surface area contributed by atoms with Gasteiger partial charge in [-0.1, -0.05) is 48.5 Å². The maximum atomic E-state index is 11.9. The summed E-state index contributed by atoms with van der Waals surface area (Å²) in [4.78, 5) is 17.8. The zero-order valence-corrected chi connectivity index (χ0v) is 16.3. The molecule has 1 aliphatic heterocycles. The molecule has 0 saturated heterocycles. The van der Waals surface area contributed by atoms with Crippen molar-refractivity contribution in [1.82, 2.24) is 4.98 Å². The lowest BCUT2D eigenvalue weighted by Crippen LogP contribution is -2.36. The summed E-state index contributed by atoms with van der Waals surface area (Å²) in [5.74, 6) is -0.322. The Morgan fingerprint density at radius 1 is 1.00 bits per heavy atom. The molecule has 0 spiro atoms. The van der Waals surface area contributed by atoms with Crippen LogP contribution in [0.2, 0.25) is 0 Å². The summed E-state index contributed by atoms with van der Waals surface area (Å²) in [7, 11) is 1.41. The zero-order chi connectivity index (χ0) is 19.8. The van der Waals surface area contributed by atoms with Crippen molar-refractivity contribution in [2.24, 2.45) is 0 Å². The number of ether oxygens (including phenoxy) is 1. The number of aromatic nitrogens is 1. The fourth-order valence-corrected chi connectivity index (χ4v) is 4.42. The van der Waals surface area contributed by atoms with Crippen LogP contribution in [-0.2, 0) is 11.2 Å². The molecular formula is C25H22N2O2. The van der Waals surface area contributed by atoms with Gasteiger partial charge in [0.2, 0.25) is 0 Å². The van der Waals surface area contributed by atoms with Crippen LogP contribution in [0.15, 0.2) is 79.0 Å². The summed E-state index contributed by atoms with van der Waals surface area (Å²) in [6.07, 6.45) is 3.10. The number of para-hydroxylation sites is 1. The minimum absolute atomic E-state index is 0.111. The van der Waals surface area contributed by atoms with Crippen LogP contribution in [0.25, 0.3) is 10.9 Å². The Labute approximate surface area is 169 Å². The number of aromatic amines is 1. The molecule has 2 heterocycles. The summed E-state index contributed by atoms with van der Waals surface area (Å²) >= 11 is 0. The summed E-state index contributed by atoms with van der Waals surface area (Å²) in [5.41, 5.74) is 6.65. The first-order chi connectivity index (χ1) is 14.3. The predicted molar refractivity (Wildman–Crippen MR) is 115 cm³/mol. The molecule has 1 aliphatic rings. The maximum Gasteiger partial charge on any atom is 0.337 e. The number of anilines is 1. The highest BCUT2D eigenvalue weighted by Gasteiger charge is 2.30. The molecule has 0 amide bonds. The second kappa shape index (κ2) is 7.13. The second-order valence-electron chi connectivity index (χ2n) is 7.38. The summed E-state index contributed by atoms with van der Waals surface area (Å²) in [5, 5.41) is 1.13. The monoisotopic (exact) mass is 382 g/mol. The lowest BCUT2D eigenvalue weighted by Gasteiger charge is -2.39. The van der Waals surface area contributed by atoms with Crippen molar-refractivity contribution in [3.05, 3.63) is 101 Å². The van der Waals surface area contributed by atoms with Gasteiger partial charge in [-0.3, -0.25) is 0 Å². The number of methoxy groups -OCH3 is 1. The predicted octanol–water partition coefficient (Wildman–Crippen LogP) is 5.11. The minimum Gasteiger partial charge on any atom is -0.465 e. The number of nitrogens with zero attached hydrogens (tertiary/aromatic N) is 1. The number of carbonyl (C=O) groups excluding carboxylic acids is 1. The molecule has 29 heavy (non-hydrogen) atoms. The van der Waals surface area contributed by atoms with Crippen LogP contribution in [0, 0.1) is 0 Å². The van der Waals surface area contributed by atoms with Crippen molar-refractivity contribution in [2.45, 2.75) is 12.5 Å². The number of esters is 1. The van der Waals surface area contributed by atoms with Crippen molar-refractivity contribution in [3.8, 4) is 0 Å². The number of hydrogen-bond donors (Lipinski definition) is 1. The van der Waals surface area contributed by atoms with Crippen LogP contribution in [0.1, 0.15) is 33.1 Å². The number of fused-ring (bicyclic) bond motifs is 2. The van der Waals surface area contributed by atoms with Crippen molar-refractivity contribution >= 4 is 22.6 Å². The van der Waals surface area contributed by atoms with Gasteiger partial charge in [-0.25, -0.2) is 4.79 Å². The summed E-state index contributed by atoms with van der Waals surface area (Å²) in [6.45, 7) is 0.957. The molecule has 4 aromatic rings. The third-order valence-corrected chi connectivity index (χ3v) is 5.80. The molecule has 0 fully saturated rings. The highest BCUT2D eigenvalue weighted by Crippen LogP contribution is 2.40. The molecule has 4 nitrogen and oxygen atoms in total. The van der Waals surface area contributed by atoms with E-state index in [9.17, 15) is 4.79 Å². The topological polar surface area (TPSA) is 45.3 Å². The number of carbonyl (C=O) groups is 1. The lowest BCUT2D eigenvalue weighted by atomic mass is 9.87. The van der Waals surface area contributed by atoms with Crippen LogP contribution >= 0.6 is 0 Å². The molecule has 0 saturated carbocycles. The molecule has 0 bridgehead atoms. The Morgan fingerprint density at radius 2 is 1.79 bits per heavy atom. The van der Waals surface area contributed by atoms with Gasteiger partial charge >= 0.3 is 5.97 Å². The number of benzene rings is 3. The van der Waals surface area contributed by atoms with Crippen molar-refractivity contribution < 1.29 is 9.53 Å². The second-order valence-corrected chi connectivity index (χ2v) is 7.38. The summed E-state index contributed by atoms with van der Waals surface area (Å²) in [6, 6.07) is 25.1. The molecule has 0 aliphatic carbocycles. The van der Waals surface area contributed by atoms with Gasteiger partial charge in [-0.2, -0.15) is 0 Å². The highest BCUT2D eigenvalue weighted by molar-refractivity contribution is 5.95. The maximum absolute atomic E-state index is 11.9. The lowest BCUT2D eigenvalue weighted by molar-refractivity contribution is 0.0601. The van der Waals surface area contributed by atoms with E-state index in [-0.39, 0.29) is 12.0 Å². The average molecular weight is 382 g/mol. The van der Waals surface area contributed by atoms with Crippen molar-refractivity contribution in [2.75, 3.05) is 18.6 Å². The molecule has 5 rings (SSSR count). The van der Waals surface area contributed by atoms with E-state index in [4.69, 9.17) is 4.74 Å². The van der Waals surface area contributed by atoms with E-state index in [2.05, 4.69) is 70.7 Å². The van der Waals surface area contributed by atoms with Gasteiger partial charge in [0.05, 0.1) is 18.7 Å². The van der Waals surface area contributed by atoms with Crippen LogP contribution < -0.4 is 4.90 Å². The number of rotatable bonds is 3. The molecule has 3 aromatic carbocycles. The zero-order valence-electron chi connectivity index (χ0n) is 16.3. The Bertz CT molecular complexity index is 1180. The van der Waals surface area contributed by atoms with Gasteiger partial charge in [-0.15, -0.1) is 0 Å². The van der Waals surface area contributed by atoms with Gasteiger partial charge < -0.3 is 14.6 Å². The third-order valence-electron chi connectivity index (χ3n) is 5.80. The van der Waals surface area contributed by atoms with E-state index in [0.29, 0.717) is 5.56 Å². The number of nitrogens with one attached hydrogen (secondary N) is 1. The fraction of sp³-hybridized carbons (Fsp3) is 0.160. The molecule has 144 valence electrons. The molecular weight excluding hydrogens is 360 g/mol. The van der Waals surface area contributed by atoms with Crippen molar-refractivity contribution in [3.63, 3.8) is 0 Å². The number of H-pyrrole nitrogens is 1. The van der Waals surface area contributed by atoms with Gasteiger partial charge in [0.15, 0.2) is 0 Å². The molecule has 1 N–H and O–H groups in total. The van der Waals surface area contributed by atoms with E-state index in [1.807, 2.05) is 18.2 Å². The standard InChI is InChI=1S/C25H22N2O2/c1-29-25(28)18-11-12-21-22(16-26-23(21)15-18)24-20-10-6-5-7-17(20)13-14-27(24)19-8-3-2-4-9-19/h2-12,15-16,24,26H,13-14H2,1H3. The first-order valence-electron chi connectivity index (χ1n) is 9.85. The quantitative estimate of drug-likeness (QED) is 0.501. The number of hydrogen-bond acceptors (Lipinski definition) is 3. The smallest absolute Gasteiger partial charge is 0.337 e. The highest BCUT2D eigenvalue weighted by atomic mass is 16.5. The van der Waals surface area contributed by atoms with Crippen LogP contribution in [0.5, 0.6) is 0 Å². The first-order valence-corrected chi connectivity index (χ1v) is 9.85. The Kier molecular flexibility index (Phi) is 4.32. The fourth-order valence-electron chi connectivity index (χ4n) is 4.42. The van der Waals surface area contributed by atoms with E-state index in [1.54, 1.807) is 0 Å². The van der Waals surface area contributed by atoms with Crippen LogP contribution in [0.4, 0.5) is 5.69 Å². The van der Waals surface area contributed by atoms with Crippen molar-refractivity contribution in [1.29, 1.82) is 0 Å². The molecule has 0 radical (unpaired) electrons. The third kappa shape index (κ3) is 2.97. The van der Waals surface area contributed by atoms with E-state index >= 15 is 0 Å².